The number of carbonyl (C=O) groups is 2. The van der Waals surface area contributed by atoms with Gasteiger partial charge < -0.3 is 10.4 Å². The maximum absolute atomic E-state index is 13.3. The molecule has 0 atom stereocenters. The molecular formula is C23H13Cl3N4O5. The van der Waals surface area contributed by atoms with E-state index in [2.05, 4.69) is 10.4 Å². The molecule has 0 spiro atoms. The number of phenols is 1. The molecule has 0 bridgehead atoms. The molecule has 4 rings (SSSR count). The normalized spacial score (nSPS) is 14.3. The third-order valence-corrected chi connectivity index (χ3v) is 5.62. The van der Waals surface area contributed by atoms with Gasteiger partial charge in [0, 0.05) is 22.7 Å². The monoisotopic (exact) mass is 530 g/mol. The second-order valence-electron chi connectivity index (χ2n) is 7.19. The molecule has 2 N–H and O–H groups in total. The van der Waals surface area contributed by atoms with Crippen LogP contribution < -0.4 is 10.3 Å². The van der Waals surface area contributed by atoms with E-state index in [-0.39, 0.29) is 49.2 Å². The van der Waals surface area contributed by atoms with Crippen LogP contribution in [-0.2, 0) is 4.79 Å². The number of halogens is 3. The highest BCUT2D eigenvalue weighted by Gasteiger charge is 2.35. The van der Waals surface area contributed by atoms with Gasteiger partial charge in [0.05, 0.1) is 20.5 Å². The number of benzene rings is 3. The molecule has 9 nitrogen and oxygen atoms in total. The Labute approximate surface area is 213 Å². The molecule has 0 fully saturated rings. The number of nitro groups is 1. The first-order chi connectivity index (χ1) is 16.6. The smallest absolute Gasteiger partial charge is 0.282 e. The average molecular weight is 532 g/mol. The molecule has 0 saturated heterocycles. The summed E-state index contributed by atoms with van der Waals surface area (Å²) in [6.45, 7) is 0. The Morgan fingerprint density at radius 1 is 1.06 bits per heavy atom. The Morgan fingerprint density at radius 3 is 2.34 bits per heavy atom. The summed E-state index contributed by atoms with van der Waals surface area (Å²) in [5.74, 6) is -1.49. The summed E-state index contributed by atoms with van der Waals surface area (Å²) < 4.78 is 0. The van der Waals surface area contributed by atoms with Crippen LogP contribution in [-0.4, -0.2) is 27.7 Å². The largest absolute Gasteiger partial charge is 0.508 e. The minimum atomic E-state index is -0.730. The first kappa shape index (κ1) is 24.2. The summed E-state index contributed by atoms with van der Waals surface area (Å²) in [6, 6.07) is 13.8. The fourth-order valence-electron chi connectivity index (χ4n) is 3.20. The molecule has 0 aromatic heterocycles. The van der Waals surface area contributed by atoms with E-state index >= 15 is 0 Å². The van der Waals surface area contributed by atoms with Crippen molar-refractivity contribution in [1.82, 2.24) is 5.32 Å². The summed E-state index contributed by atoms with van der Waals surface area (Å²) in [4.78, 5) is 36.7. The SMILES string of the molecule is O=C(NC1=NN(c2c(Cl)cc(Cl)cc2Cl)C(=O)/C1=C\c1ccc(O)cc1)c1cccc([N+](=O)[O-])c1. The Bertz CT molecular complexity index is 1410. The second-order valence-corrected chi connectivity index (χ2v) is 8.45. The zero-order valence-corrected chi connectivity index (χ0v) is 19.7. The topological polar surface area (TPSA) is 125 Å². The number of amides is 2. The summed E-state index contributed by atoms with van der Waals surface area (Å²) >= 11 is 18.5. The third kappa shape index (κ3) is 5.12. The Hall–Kier alpha value is -3.92. The first-order valence-electron chi connectivity index (χ1n) is 9.78. The summed E-state index contributed by atoms with van der Waals surface area (Å²) in [6.07, 6.45) is 1.45. The first-order valence-corrected chi connectivity index (χ1v) is 10.9. The predicted molar refractivity (Wildman–Crippen MR) is 133 cm³/mol. The fourth-order valence-corrected chi connectivity index (χ4v) is 4.18. The van der Waals surface area contributed by atoms with Gasteiger partial charge in [-0.25, -0.2) is 0 Å². The van der Waals surface area contributed by atoms with Crippen LogP contribution in [0.5, 0.6) is 5.75 Å². The maximum atomic E-state index is 13.3. The van der Waals surface area contributed by atoms with E-state index < -0.39 is 16.7 Å². The van der Waals surface area contributed by atoms with Crippen LogP contribution in [0, 0.1) is 10.1 Å². The lowest BCUT2D eigenvalue weighted by Crippen LogP contribution is -2.31. The maximum Gasteiger partial charge on any atom is 0.282 e. The van der Waals surface area contributed by atoms with E-state index in [4.69, 9.17) is 34.8 Å². The molecule has 0 saturated carbocycles. The number of phenolic OH excluding ortho intramolecular Hbond substituents is 1. The average Bonchev–Trinajstić information content (AvgIpc) is 3.09. The van der Waals surface area contributed by atoms with Gasteiger partial charge in [0.1, 0.15) is 11.4 Å². The van der Waals surface area contributed by atoms with Crippen molar-refractivity contribution in [3.8, 4) is 5.75 Å². The zero-order chi connectivity index (χ0) is 25.3. The van der Waals surface area contributed by atoms with Crippen molar-refractivity contribution in [2.45, 2.75) is 0 Å². The van der Waals surface area contributed by atoms with Gasteiger partial charge in [0.2, 0.25) is 0 Å². The minimum Gasteiger partial charge on any atom is -0.508 e. The van der Waals surface area contributed by atoms with Gasteiger partial charge in [-0.05, 0) is 42.0 Å². The highest BCUT2D eigenvalue weighted by Crippen LogP contribution is 2.39. The van der Waals surface area contributed by atoms with Crippen LogP contribution in [0.25, 0.3) is 6.08 Å². The van der Waals surface area contributed by atoms with Crippen molar-refractivity contribution in [2.24, 2.45) is 5.10 Å². The number of non-ortho nitro benzene ring substituents is 1. The van der Waals surface area contributed by atoms with E-state index in [1.165, 1.54) is 48.5 Å². The number of nitro benzene ring substituents is 1. The van der Waals surface area contributed by atoms with Gasteiger partial charge >= 0.3 is 0 Å². The Morgan fingerprint density at radius 2 is 1.71 bits per heavy atom. The summed E-state index contributed by atoms with van der Waals surface area (Å²) in [5.41, 5.74) is 0.275. The molecule has 3 aromatic carbocycles. The number of rotatable bonds is 4. The molecule has 2 amide bonds. The summed E-state index contributed by atoms with van der Waals surface area (Å²) in [5, 5.41) is 28.6. The molecule has 3 aromatic rings. The van der Waals surface area contributed by atoms with Crippen molar-refractivity contribution >= 4 is 69.9 Å². The van der Waals surface area contributed by atoms with E-state index in [1.807, 2.05) is 0 Å². The molecule has 176 valence electrons. The third-order valence-electron chi connectivity index (χ3n) is 4.83. The highest BCUT2D eigenvalue weighted by atomic mass is 35.5. The number of amidine groups is 1. The zero-order valence-electron chi connectivity index (χ0n) is 17.4. The van der Waals surface area contributed by atoms with Gasteiger partial charge in [0.25, 0.3) is 17.5 Å². The van der Waals surface area contributed by atoms with Gasteiger partial charge in [-0.2, -0.15) is 5.01 Å². The molecule has 0 unspecified atom stereocenters. The number of carbonyl (C=O) groups excluding carboxylic acids is 2. The lowest BCUT2D eigenvalue weighted by Gasteiger charge is -2.15. The van der Waals surface area contributed by atoms with E-state index in [0.29, 0.717) is 5.56 Å². The number of hydrogen-bond donors (Lipinski definition) is 2. The number of hydrogen-bond acceptors (Lipinski definition) is 6. The van der Waals surface area contributed by atoms with Crippen LogP contribution in [0.3, 0.4) is 0 Å². The molecular weight excluding hydrogens is 519 g/mol. The van der Waals surface area contributed by atoms with Gasteiger partial charge in [0.15, 0.2) is 5.84 Å². The van der Waals surface area contributed by atoms with Crippen molar-refractivity contribution < 1.29 is 19.6 Å². The Kier molecular flexibility index (Phi) is 6.74. The molecule has 35 heavy (non-hydrogen) atoms. The minimum absolute atomic E-state index is 0.0145. The standard InChI is InChI=1S/C23H13Cl3N4O5/c24-14-10-18(25)20(19(26)11-14)29-23(33)17(8-12-4-6-16(31)7-5-12)21(28-29)27-22(32)13-2-1-3-15(9-13)30(34)35/h1-11,31H,(H,27,28,32)/b17-8-. The molecule has 0 aliphatic carbocycles. The van der Waals surface area contributed by atoms with Gasteiger partial charge in [-0.3, -0.25) is 19.7 Å². The number of hydrazone groups is 1. The van der Waals surface area contributed by atoms with Crippen LogP contribution in [0.1, 0.15) is 15.9 Å². The highest BCUT2D eigenvalue weighted by molar-refractivity contribution is 6.44. The van der Waals surface area contributed by atoms with E-state index in [0.717, 1.165) is 11.1 Å². The van der Waals surface area contributed by atoms with Crippen LogP contribution in [0.15, 0.2) is 71.3 Å². The van der Waals surface area contributed by atoms with Crippen LogP contribution >= 0.6 is 34.8 Å². The molecule has 0 radical (unpaired) electrons. The van der Waals surface area contributed by atoms with Crippen molar-refractivity contribution in [1.29, 1.82) is 0 Å². The van der Waals surface area contributed by atoms with Gasteiger partial charge in [-0.15, -0.1) is 5.10 Å². The second kappa shape index (κ2) is 9.75. The molecule has 1 aliphatic rings. The van der Waals surface area contributed by atoms with Crippen LogP contribution in [0.2, 0.25) is 15.1 Å². The van der Waals surface area contributed by atoms with Crippen molar-refractivity contribution in [2.75, 3.05) is 5.01 Å². The Balaban J connectivity index is 1.77. The number of anilines is 1. The lowest BCUT2D eigenvalue weighted by atomic mass is 10.1. The lowest BCUT2D eigenvalue weighted by molar-refractivity contribution is -0.384. The number of nitrogens with zero attached hydrogens (tertiary/aromatic N) is 3. The molecule has 12 heteroatoms. The predicted octanol–water partition coefficient (Wildman–Crippen LogP) is 5.43. The quantitative estimate of drug-likeness (QED) is 0.264. The van der Waals surface area contributed by atoms with Crippen LogP contribution in [0.4, 0.5) is 11.4 Å². The number of nitrogens with one attached hydrogen (secondary N) is 1. The van der Waals surface area contributed by atoms with Gasteiger partial charge in [-0.1, -0.05) is 53.0 Å². The van der Waals surface area contributed by atoms with Crippen molar-refractivity contribution in [3.63, 3.8) is 0 Å². The fraction of sp³-hybridized carbons (Fsp3) is 0. The van der Waals surface area contributed by atoms with Crippen molar-refractivity contribution in [3.05, 3.63) is 103 Å². The number of aromatic hydroxyl groups is 1. The molecule has 1 aliphatic heterocycles. The molecule has 1 heterocycles. The van der Waals surface area contributed by atoms with E-state index in [9.17, 15) is 24.8 Å². The van der Waals surface area contributed by atoms with E-state index in [1.54, 1.807) is 12.1 Å². The summed E-state index contributed by atoms with van der Waals surface area (Å²) in [7, 11) is 0.